The maximum absolute atomic E-state index is 13.4. The summed E-state index contributed by atoms with van der Waals surface area (Å²) in [6.07, 6.45) is 0. The van der Waals surface area contributed by atoms with E-state index in [0.717, 1.165) is 11.8 Å². The fraction of sp³-hybridized carbons (Fsp3) is 0.500. The van der Waals surface area contributed by atoms with Gasteiger partial charge >= 0.3 is 0 Å². The average Bonchev–Trinajstić information content (AvgIpc) is 2.35. The second-order valence-corrected chi connectivity index (χ2v) is 7.99. The van der Waals surface area contributed by atoms with Gasteiger partial charge in [0, 0.05) is 23.6 Å². The third-order valence-electron chi connectivity index (χ3n) is 3.40. The number of hydrogen-bond donors (Lipinski definition) is 1. The van der Waals surface area contributed by atoms with Crippen molar-refractivity contribution in [2.75, 3.05) is 18.0 Å². The summed E-state index contributed by atoms with van der Waals surface area (Å²) in [4.78, 5) is -0.0369. The molecule has 2 unspecified atom stereocenters. The zero-order valence-corrected chi connectivity index (χ0v) is 12.5. The Hall–Kier alpha value is -0.790. The van der Waals surface area contributed by atoms with Crippen molar-refractivity contribution in [3.05, 3.63) is 24.0 Å². The van der Waals surface area contributed by atoms with Gasteiger partial charge in [-0.2, -0.15) is 16.1 Å². The van der Waals surface area contributed by atoms with Gasteiger partial charge in [-0.25, -0.2) is 12.8 Å². The number of sulfonamides is 1. The molecule has 1 heterocycles. The second-order valence-electron chi connectivity index (χ2n) is 4.62. The molecule has 1 saturated heterocycles. The summed E-state index contributed by atoms with van der Waals surface area (Å²) >= 11 is 1.75. The van der Waals surface area contributed by atoms with Gasteiger partial charge in [0.1, 0.15) is 5.82 Å². The Morgan fingerprint density at radius 1 is 1.42 bits per heavy atom. The number of halogens is 1. The van der Waals surface area contributed by atoms with Crippen LogP contribution in [0.4, 0.5) is 10.1 Å². The predicted octanol–water partition coefficient (Wildman–Crippen LogP) is 1.92. The normalized spacial score (nSPS) is 25.4. The molecule has 7 heteroatoms. The summed E-state index contributed by atoms with van der Waals surface area (Å²) in [7, 11) is -3.66. The van der Waals surface area contributed by atoms with Gasteiger partial charge in [-0.1, -0.05) is 6.92 Å². The molecule has 2 atom stereocenters. The monoisotopic (exact) mass is 304 g/mol. The molecule has 2 rings (SSSR count). The lowest BCUT2D eigenvalue weighted by molar-refractivity contribution is 0.340. The fourth-order valence-corrected chi connectivity index (χ4v) is 5.06. The molecule has 1 aromatic rings. The third-order valence-corrected chi connectivity index (χ3v) is 6.72. The van der Waals surface area contributed by atoms with Gasteiger partial charge in [-0.15, -0.1) is 0 Å². The van der Waals surface area contributed by atoms with Crippen LogP contribution in [0.25, 0.3) is 0 Å². The molecule has 0 aliphatic carbocycles. The number of thioether (sulfide) groups is 1. The summed E-state index contributed by atoms with van der Waals surface area (Å²) in [6, 6.07) is 3.52. The molecule has 0 amide bonds. The van der Waals surface area contributed by atoms with Crippen LogP contribution >= 0.6 is 11.8 Å². The summed E-state index contributed by atoms with van der Waals surface area (Å²) in [5, 5.41) is 0.224. The van der Waals surface area contributed by atoms with Crippen LogP contribution in [-0.2, 0) is 10.0 Å². The highest BCUT2D eigenvalue weighted by atomic mass is 32.2. The summed E-state index contributed by atoms with van der Waals surface area (Å²) in [5.41, 5.74) is 5.33. The highest BCUT2D eigenvalue weighted by molar-refractivity contribution is 8.00. The quantitative estimate of drug-likeness (QED) is 0.848. The lowest BCUT2D eigenvalue weighted by atomic mass is 10.2. The standard InChI is InChI=1S/C12H17FN2O2S2/c1-8-9(2)18-6-5-15(8)19(16,17)10-3-4-12(14)11(13)7-10/h3-4,7-9H,5-6,14H2,1-2H3. The van der Waals surface area contributed by atoms with Crippen LogP contribution in [-0.4, -0.2) is 36.3 Å². The smallest absolute Gasteiger partial charge is 0.243 e. The third kappa shape index (κ3) is 2.73. The number of hydrogen-bond acceptors (Lipinski definition) is 4. The van der Waals surface area contributed by atoms with Gasteiger partial charge in [-0.3, -0.25) is 0 Å². The SMILES string of the molecule is CC1SCCN(S(=O)(=O)c2ccc(N)c(F)c2)C1C. The molecule has 106 valence electrons. The lowest BCUT2D eigenvalue weighted by Crippen LogP contribution is -2.47. The van der Waals surface area contributed by atoms with Crippen molar-refractivity contribution < 1.29 is 12.8 Å². The fourth-order valence-electron chi connectivity index (χ4n) is 2.05. The lowest BCUT2D eigenvalue weighted by Gasteiger charge is -2.36. The molecule has 0 bridgehead atoms. The second kappa shape index (κ2) is 5.30. The first-order valence-corrected chi connectivity index (χ1v) is 8.51. The Bertz CT molecular complexity index is 577. The first-order chi connectivity index (χ1) is 8.84. The molecule has 1 fully saturated rings. The predicted molar refractivity (Wildman–Crippen MR) is 76.1 cm³/mol. The Kier molecular flexibility index (Phi) is 4.08. The zero-order chi connectivity index (χ0) is 14.2. The summed E-state index contributed by atoms with van der Waals surface area (Å²) in [6.45, 7) is 4.33. The minimum Gasteiger partial charge on any atom is -0.396 e. The molecule has 0 saturated carbocycles. The van der Waals surface area contributed by atoms with Crippen LogP contribution in [0.3, 0.4) is 0 Å². The van der Waals surface area contributed by atoms with Gasteiger partial charge in [0.15, 0.2) is 0 Å². The molecular formula is C12H17FN2O2S2. The van der Waals surface area contributed by atoms with Crippen molar-refractivity contribution in [3.8, 4) is 0 Å². The number of rotatable bonds is 2. The van der Waals surface area contributed by atoms with Crippen LogP contribution in [0.1, 0.15) is 13.8 Å². The number of nitrogen functional groups attached to an aromatic ring is 1. The molecule has 1 aliphatic rings. The Labute approximate surface area is 117 Å². The van der Waals surface area contributed by atoms with Gasteiger partial charge in [0.05, 0.1) is 10.6 Å². The van der Waals surface area contributed by atoms with Crippen molar-refractivity contribution in [1.82, 2.24) is 4.31 Å². The first-order valence-electron chi connectivity index (χ1n) is 6.02. The molecule has 0 aromatic heterocycles. The first kappa shape index (κ1) is 14.6. The van der Waals surface area contributed by atoms with Crippen molar-refractivity contribution in [2.45, 2.75) is 30.0 Å². The van der Waals surface area contributed by atoms with Crippen molar-refractivity contribution >= 4 is 27.5 Å². The van der Waals surface area contributed by atoms with Crippen LogP contribution in [0.5, 0.6) is 0 Å². The van der Waals surface area contributed by atoms with E-state index >= 15 is 0 Å². The largest absolute Gasteiger partial charge is 0.396 e. The van der Waals surface area contributed by atoms with E-state index < -0.39 is 15.8 Å². The van der Waals surface area contributed by atoms with Gasteiger partial charge < -0.3 is 5.73 Å². The number of benzene rings is 1. The Morgan fingerprint density at radius 2 is 2.11 bits per heavy atom. The van der Waals surface area contributed by atoms with E-state index in [9.17, 15) is 12.8 Å². The van der Waals surface area contributed by atoms with Crippen molar-refractivity contribution in [1.29, 1.82) is 0 Å². The van der Waals surface area contributed by atoms with E-state index in [1.165, 1.54) is 16.4 Å². The minimum absolute atomic E-state index is 0.0369. The van der Waals surface area contributed by atoms with Crippen LogP contribution in [0.2, 0.25) is 0 Å². The van der Waals surface area contributed by atoms with Crippen LogP contribution < -0.4 is 5.73 Å². The topological polar surface area (TPSA) is 63.4 Å². The van der Waals surface area contributed by atoms with E-state index in [1.807, 2.05) is 13.8 Å². The van der Waals surface area contributed by atoms with Crippen molar-refractivity contribution in [3.63, 3.8) is 0 Å². The molecule has 0 spiro atoms. The molecule has 19 heavy (non-hydrogen) atoms. The summed E-state index contributed by atoms with van der Waals surface area (Å²) in [5.74, 6) is 0.0514. The van der Waals surface area contributed by atoms with E-state index in [0.29, 0.717) is 6.54 Å². The molecule has 0 radical (unpaired) electrons. The van der Waals surface area contributed by atoms with E-state index in [-0.39, 0.29) is 21.9 Å². The molecule has 2 N–H and O–H groups in total. The molecule has 4 nitrogen and oxygen atoms in total. The van der Waals surface area contributed by atoms with Crippen LogP contribution in [0.15, 0.2) is 23.1 Å². The zero-order valence-electron chi connectivity index (χ0n) is 10.8. The van der Waals surface area contributed by atoms with E-state index in [2.05, 4.69) is 0 Å². The maximum atomic E-state index is 13.4. The highest BCUT2D eigenvalue weighted by Crippen LogP contribution is 2.30. The Balaban J connectivity index is 2.38. The highest BCUT2D eigenvalue weighted by Gasteiger charge is 2.35. The van der Waals surface area contributed by atoms with Crippen molar-refractivity contribution in [2.24, 2.45) is 0 Å². The minimum atomic E-state index is -3.66. The molecular weight excluding hydrogens is 287 g/mol. The molecule has 1 aliphatic heterocycles. The Morgan fingerprint density at radius 3 is 2.74 bits per heavy atom. The maximum Gasteiger partial charge on any atom is 0.243 e. The number of nitrogens with two attached hydrogens (primary N) is 1. The van der Waals surface area contributed by atoms with Gasteiger partial charge in [0.2, 0.25) is 10.0 Å². The van der Waals surface area contributed by atoms with Gasteiger partial charge in [0.25, 0.3) is 0 Å². The number of anilines is 1. The summed E-state index contributed by atoms with van der Waals surface area (Å²) < 4.78 is 39.9. The molecule has 1 aromatic carbocycles. The van der Waals surface area contributed by atoms with Gasteiger partial charge in [-0.05, 0) is 25.1 Å². The van der Waals surface area contributed by atoms with E-state index in [1.54, 1.807) is 11.8 Å². The number of nitrogens with zero attached hydrogens (tertiary/aromatic N) is 1. The van der Waals surface area contributed by atoms with Crippen LogP contribution in [0, 0.1) is 5.82 Å². The average molecular weight is 304 g/mol. The van der Waals surface area contributed by atoms with E-state index in [4.69, 9.17) is 5.73 Å².